The van der Waals surface area contributed by atoms with Crippen LogP contribution < -0.4 is 10.5 Å². The molecule has 5 heteroatoms. The lowest BCUT2D eigenvalue weighted by molar-refractivity contribution is 0.290. The Hall–Kier alpha value is -1.07. The zero-order valence-electron chi connectivity index (χ0n) is 13.1. The monoisotopic (exact) mass is 310 g/mol. The second-order valence-electron chi connectivity index (χ2n) is 6.46. The van der Waals surface area contributed by atoms with Crippen molar-refractivity contribution in [2.45, 2.75) is 51.3 Å². The number of nitrogens with two attached hydrogens (primary N) is 1. The van der Waals surface area contributed by atoms with Gasteiger partial charge in [0.25, 0.3) is 0 Å². The first-order valence-electron chi connectivity index (χ1n) is 7.66. The van der Waals surface area contributed by atoms with Crippen molar-refractivity contribution in [1.82, 2.24) is 4.72 Å². The Morgan fingerprint density at radius 1 is 1.19 bits per heavy atom. The average Bonchev–Trinajstić information content (AvgIpc) is 2.42. The molecule has 0 saturated heterocycles. The minimum absolute atomic E-state index is 0.309. The SMILES string of the molecule is Cc1cc(N)c(C)c(S(=O)(=O)NCC2CCC(C)CC2)c1. The van der Waals surface area contributed by atoms with Crippen LogP contribution in [0.1, 0.15) is 43.7 Å². The largest absolute Gasteiger partial charge is 0.398 e. The average molecular weight is 310 g/mol. The minimum atomic E-state index is -3.48. The van der Waals surface area contributed by atoms with Gasteiger partial charge in [-0.05, 0) is 61.8 Å². The summed E-state index contributed by atoms with van der Waals surface area (Å²) in [5.74, 6) is 1.23. The Morgan fingerprint density at radius 2 is 1.81 bits per heavy atom. The van der Waals surface area contributed by atoms with E-state index in [2.05, 4.69) is 11.6 Å². The van der Waals surface area contributed by atoms with Gasteiger partial charge < -0.3 is 5.73 Å². The summed E-state index contributed by atoms with van der Waals surface area (Å²) in [6.07, 6.45) is 4.61. The molecule has 0 amide bonds. The van der Waals surface area contributed by atoms with Crippen LogP contribution in [0.25, 0.3) is 0 Å². The van der Waals surface area contributed by atoms with Gasteiger partial charge in [0.1, 0.15) is 0 Å². The molecule has 0 aliphatic heterocycles. The number of hydrogen-bond acceptors (Lipinski definition) is 3. The Labute approximate surface area is 128 Å². The number of hydrogen-bond donors (Lipinski definition) is 2. The summed E-state index contributed by atoms with van der Waals surface area (Å²) in [4.78, 5) is 0.309. The maximum atomic E-state index is 12.5. The highest BCUT2D eigenvalue weighted by atomic mass is 32.2. The molecule has 1 aromatic rings. The van der Waals surface area contributed by atoms with Gasteiger partial charge in [-0.15, -0.1) is 0 Å². The molecule has 1 aliphatic carbocycles. The summed E-state index contributed by atoms with van der Waals surface area (Å²) in [6.45, 7) is 6.41. The molecule has 4 nitrogen and oxygen atoms in total. The Morgan fingerprint density at radius 3 is 2.43 bits per heavy atom. The smallest absolute Gasteiger partial charge is 0.240 e. The summed E-state index contributed by atoms with van der Waals surface area (Å²) in [5.41, 5.74) is 7.91. The highest BCUT2D eigenvalue weighted by molar-refractivity contribution is 7.89. The molecule has 2 rings (SSSR count). The molecule has 0 unspecified atom stereocenters. The molecule has 0 atom stereocenters. The summed E-state index contributed by atoms with van der Waals surface area (Å²) >= 11 is 0. The first-order chi connectivity index (χ1) is 9.79. The summed E-state index contributed by atoms with van der Waals surface area (Å²) in [5, 5.41) is 0. The highest BCUT2D eigenvalue weighted by Gasteiger charge is 2.23. The van der Waals surface area contributed by atoms with Crippen molar-refractivity contribution >= 4 is 15.7 Å². The third kappa shape index (κ3) is 3.98. The highest BCUT2D eigenvalue weighted by Crippen LogP contribution is 2.28. The lowest BCUT2D eigenvalue weighted by atomic mass is 9.83. The minimum Gasteiger partial charge on any atom is -0.398 e. The van der Waals surface area contributed by atoms with Crippen molar-refractivity contribution in [3.05, 3.63) is 23.3 Å². The van der Waals surface area contributed by atoms with Crippen LogP contribution in [-0.2, 0) is 10.0 Å². The van der Waals surface area contributed by atoms with E-state index in [0.717, 1.165) is 24.3 Å². The zero-order valence-corrected chi connectivity index (χ0v) is 14.0. The van der Waals surface area contributed by atoms with Gasteiger partial charge in [0.2, 0.25) is 10.0 Å². The number of rotatable bonds is 4. The van der Waals surface area contributed by atoms with Crippen molar-refractivity contribution < 1.29 is 8.42 Å². The summed E-state index contributed by atoms with van der Waals surface area (Å²) < 4.78 is 27.8. The van der Waals surface area contributed by atoms with Gasteiger partial charge in [0.05, 0.1) is 4.90 Å². The fourth-order valence-corrected chi connectivity index (χ4v) is 4.44. The molecule has 3 N–H and O–H groups in total. The first kappa shape index (κ1) is 16.3. The molecular weight excluding hydrogens is 284 g/mol. The maximum Gasteiger partial charge on any atom is 0.240 e. The van der Waals surface area contributed by atoms with Crippen LogP contribution in [0.3, 0.4) is 0 Å². The fourth-order valence-electron chi connectivity index (χ4n) is 2.97. The molecule has 1 aromatic carbocycles. The summed E-state index contributed by atoms with van der Waals surface area (Å²) in [7, 11) is -3.48. The van der Waals surface area contributed by atoms with Gasteiger partial charge in [-0.25, -0.2) is 13.1 Å². The Bertz CT molecular complexity index is 603. The number of benzene rings is 1. The number of nitrogens with one attached hydrogen (secondary N) is 1. The van der Waals surface area contributed by atoms with Crippen LogP contribution in [0.4, 0.5) is 5.69 Å². The normalized spacial score (nSPS) is 23.2. The lowest BCUT2D eigenvalue weighted by Gasteiger charge is -2.26. The summed E-state index contributed by atoms with van der Waals surface area (Å²) in [6, 6.07) is 3.49. The second kappa shape index (κ2) is 6.36. The van der Waals surface area contributed by atoms with Crippen molar-refractivity contribution in [2.24, 2.45) is 11.8 Å². The van der Waals surface area contributed by atoms with Crippen molar-refractivity contribution in [3.63, 3.8) is 0 Å². The van der Waals surface area contributed by atoms with Gasteiger partial charge in [-0.1, -0.05) is 19.8 Å². The number of anilines is 1. The molecule has 0 bridgehead atoms. The zero-order chi connectivity index (χ0) is 15.6. The standard InChI is InChI=1S/C16H26N2O2S/c1-11-4-6-14(7-5-11)10-18-21(19,20)16-9-12(2)8-15(17)13(16)3/h8-9,11,14,18H,4-7,10,17H2,1-3H3. The number of aryl methyl sites for hydroxylation is 1. The van der Waals surface area contributed by atoms with E-state index in [1.54, 1.807) is 19.1 Å². The molecule has 1 saturated carbocycles. The molecule has 0 radical (unpaired) electrons. The number of nitrogen functional groups attached to an aromatic ring is 1. The van der Waals surface area contributed by atoms with Crippen molar-refractivity contribution in [2.75, 3.05) is 12.3 Å². The van der Waals surface area contributed by atoms with E-state index >= 15 is 0 Å². The van der Waals surface area contributed by atoms with Crippen LogP contribution in [0.5, 0.6) is 0 Å². The van der Waals surface area contributed by atoms with Crippen LogP contribution in [-0.4, -0.2) is 15.0 Å². The molecule has 0 spiro atoms. The van der Waals surface area contributed by atoms with E-state index in [9.17, 15) is 8.42 Å². The van der Waals surface area contributed by atoms with Gasteiger partial charge in [0, 0.05) is 12.2 Å². The van der Waals surface area contributed by atoms with Crippen LogP contribution in [0, 0.1) is 25.7 Å². The molecule has 1 fully saturated rings. The number of sulfonamides is 1. The van der Waals surface area contributed by atoms with Crippen LogP contribution >= 0.6 is 0 Å². The van der Waals surface area contributed by atoms with Crippen molar-refractivity contribution in [1.29, 1.82) is 0 Å². The topological polar surface area (TPSA) is 72.2 Å². The van der Waals surface area contributed by atoms with E-state index in [0.29, 0.717) is 28.6 Å². The van der Waals surface area contributed by atoms with Gasteiger partial charge in [-0.2, -0.15) is 0 Å². The van der Waals surface area contributed by atoms with Gasteiger partial charge in [-0.3, -0.25) is 0 Å². The predicted octanol–water partition coefficient (Wildman–Crippen LogP) is 2.99. The molecular formula is C16H26N2O2S. The molecule has 0 heterocycles. The molecule has 118 valence electrons. The quantitative estimate of drug-likeness (QED) is 0.840. The van der Waals surface area contributed by atoms with E-state index in [-0.39, 0.29) is 0 Å². The Balaban J connectivity index is 2.09. The molecule has 1 aliphatic rings. The van der Waals surface area contributed by atoms with Gasteiger partial charge in [0.15, 0.2) is 0 Å². The van der Waals surface area contributed by atoms with Crippen LogP contribution in [0.15, 0.2) is 17.0 Å². The fraction of sp³-hybridized carbons (Fsp3) is 0.625. The van der Waals surface area contributed by atoms with E-state index < -0.39 is 10.0 Å². The van der Waals surface area contributed by atoms with E-state index in [1.165, 1.54) is 12.8 Å². The van der Waals surface area contributed by atoms with Crippen molar-refractivity contribution in [3.8, 4) is 0 Å². The Kier molecular flexibility index (Phi) is 4.94. The second-order valence-corrected chi connectivity index (χ2v) is 8.19. The van der Waals surface area contributed by atoms with E-state index in [1.807, 2.05) is 6.92 Å². The maximum absolute atomic E-state index is 12.5. The van der Waals surface area contributed by atoms with Crippen LogP contribution in [0.2, 0.25) is 0 Å². The molecule has 21 heavy (non-hydrogen) atoms. The van der Waals surface area contributed by atoms with Gasteiger partial charge >= 0.3 is 0 Å². The first-order valence-corrected chi connectivity index (χ1v) is 9.14. The van der Waals surface area contributed by atoms with E-state index in [4.69, 9.17) is 5.73 Å². The predicted molar refractivity (Wildman–Crippen MR) is 86.6 cm³/mol. The third-order valence-corrected chi connectivity index (χ3v) is 6.08. The molecule has 0 aromatic heterocycles. The lowest BCUT2D eigenvalue weighted by Crippen LogP contribution is -2.31. The third-order valence-electron chi connectivity index (χ3n) is 4.53.